The average molecular weight is 1040 g/mol. The predicted octanol–water partition coefficient (Wildman–Crippen LogP) is 18.7. The second-order valence-corrected chi connectivity index (χ2v) is 30.7. The fourth-order valence-electron chi connectivity index (χ4n) is 15.3. The molecular formula is C72H84BN3S. The van der Waals surface area contributed by atoms with Crippen molar-refractivity contribution in [1.29, 1.82) is 0 Å². The lowest BCUT2D eigenvalue weighted by Crippen LogP contribution is -2.61. The van der Waals surface area contributed by atoms with E-state index in [0.29, 0.717) is 5.69 Å². The first kappa shape index (κ1) is 45.4. The number of hydrogen-bond acceptors (Lipinski definition) is 4. The molecule has 77 heavy (non-hydrogen) atoms. The number of para-hydroxylation sites is 2. The summed E-state index contributed by atoms with van der Waals surface area (Å²) in [7, 11) is 0. The maximum absolute atomic E-state index is 9.74. The fraction of sp³-hybridized carbons (Fsp3) is 0.444. The summed E-state index contributed by atoms with van der Waals surface area (Å²) in [5.74, 6) is 0. The first-order chi connectivity index (χ1) is 38.2. The molecular weight excluding hydrogens is 950 g/mol. The number of nitrogens with zero attached hydrogens (tertiary/aromatic N) is 3. The van der Waals surface area contributed by atoms with E-state index in [1.54, 1.807) is 0 Å². The average Bonchev–Trinajstić information content (AvgIpc) is 1.96. The van der Waals surface area contributed by atoms with E-state index >= 15 is 0 Å². The van der Waals surface area contributed by atoms with Gasteiger partial charge in [0, 0.05) is 49.5 Å². The molecule has 0 saturated carbocycles. The molecule has 0 unspecified atom stereocenters. The molecule has 6 aliphatic rings. The van der Waals surface area contributed by atoms with Crippen LogP contribution in [0, 0.1) is 0 Å². The lowest BCUT2D eigenvalue weighted by atomic mass is 9.35. The first-order valence-corrected chi connectivity index (χ1v) is 29.9. The Balaban J connectivity index is 1.24. The summed E-state index contributed by atoms with van der Waals surface area (Å²) in [6.45, 7) is 38.9. The van der Waals surface area contributed by atoms with Gasteiger partial charge in [0.05, 0.1) is 18.2 Å². The third kappa shape index (κ3) is 7.61. The van der Waals surface area contributed by atoms with Gasteiger partial charge < -0.3 is 14.7 Å². The minimum atomic E-state index is -0.407. The Morgan fingerprint density at radius 2 is 0.883 bits per heavy atom. The Labute approximate surface area is 474 Å². The number of rotatable bonds is 5. The van der Waals surface area contributed by atoms with E-state index in [1.807, 2.05) is 35.2 Å². The Morgan fingerprint density at radius 1 is 0.429 bits per heavy atom. The van der Waals surface area contributed by atoms with Crippen molar-refractivity contribution in [1.82, 2.24) is 0 Å². The first-order valence-electron chi connectivity index (χ1n) is 31.6. The normalized spacial score (nSPS) is 22.5. The fourth-order valence-corrected chi connectivity index (χ4v) is 17.0. The zero-order valence-electron chi connectivity index (χ0n) is 54.1. The maximum Gasteiger partial charge on any atom is 0.264 e. The van der Waals surface area contributed by atoms with Crippen LogP contribution in [0.5, 0.6) is 0 Å². The number of benzene rings is 6. The van der Waals surface area contributed by atoms with Crippen LogP contribution in [-0.4, -0.2) is 6.71 Å². The van der Waals surface area contributed by atoms with Gasteiger partial charge in [-0.1, -0.05) is 165 Å². The van der Waals surface area contributed by atoms with Crippen molar-refractivity contribution < 1.29 is 6.85 Å². The van der Waals surface area contributed by atoms with E-state index in [-0.39, 0.29) is 79.9 Å². The van der Waals surface area contributed by atoms with Gasteiger partial charge >= 0.3 is 0 Å². The third-order valence-corrected chi connectivity index (χ3v) is 22.3. The highest BCUT2D eigenvalue weighted by atomic mass is 32.1. The van der Waals surface area contributed by atoms with Gasteiger partial charge in [-0.05, 0) is 211 Å². The zero-order valence-corrected chi connectivity index (χ0v) is 50.0. The highest BCUT2D eigenvalue weighted by molar-refractivity contribution is 7.29. The van der Waals surface area contributed by atoms with Crippen LogP contribution in [0.1, 0.15) is 213 Å². The number of anilines is 9. The summed E-state index contributed by atoms with van der Waals surface area (Å²) in [5.41, 5.74) is 20.4. The van der Waals surface area contributed by atoms with Crippen LogP contribution in [-0.2, 0) is 43.3 Å². The van der Waals surface area contributed by atoms with Gasteiger partial charge in [0.1, 0.15) is 0 Å². The molecule has 0 atom stereocenters. The quantitative estimate of drug-likeness (QED) is 0.159. The molecule has 396 valence electrons. The zero-order chi connectivity index (χ0) is 58.7. The summed E-state index contributed by atoms with van der Waals surface area (Å²) < 4.78 is 48.0. The summed E-state index contributed by atoms with van der Waals surface area (Å²) >= 11 is 2.06. The SMILES string of the molecule is [2H]c1c([2H])c([2H])c(N(c2ccccc2)c2cc3c4c(c2)N(c2ccc5c(c2)C(C)(C)CCC5(C)C)c2c(sc5c2C(C)(C)CCC5(C)C)B4c2cc4c(cc2N3c2ccc3c(c2)C(C)(C)CCC3(C)C)C(C)(C)CCC4(C)C)c([2H])c1[2H]. The summed E-state index contributed by atoms with van der Waals surface area (Å²) in [4.78, 5) is 8.68. The number of hydrogen-bond donors (Lipinski definition) is 0. The molecule has 0 N–H and O–H groups in total. The van der Waals surface area contributed by atoms with Crippen molar-refractivity contribution in [2.45, 2.75) is 205 Å². The molecule has 0 amide bonds. The largest absolute Gasteiger partial charge is 0.311 e. The number of thiophene rings is 1. The van der Waals surface area contributed by atoms with Crippen molar-refractivity contribution >= 4 is 84.9 Å². The van der Waals surface area contributed by atoms with Crippen LogP contribution in [0.4, 0.5) is 51.2 Å². The van der Waals surface area contributed by atoms with E-state index in [9.17, 15) is 5.48 Å². The molecule has 0 saturated heterocycles. The summed E-state index contributed by atoms with van der Waals surface area (Å²) in [6.07, 6.45) is 8.76. The molecule has 7 aromatic rings. The maximum atomic E-state index is 9.74. The van der Waals surface area contributed by atoms with E-state index in [1.165, 1.54) is 70.9 Å². The van der Waals surface area contributed by atoms with Crippen LogP contribution in [0.15, 0.2) is 121 Å². The topological polar surface area (TPSA) is 9.72 Å². The van der Waals surface area contributed by atoms with E-state index in [2.05, 4.69) is 193 Å². The smallest absolute Gasteiger partial charge is 0.264 e. The summed E-state index contributed by atoms with van der Waals surface area (Å²) in [6, 6.07) is 33.0. The lowest BCUT2D eigenvalue weighted by Gasteiger charge is -2.48. The predicted molar refractivity (Wildman–Crippen MR) is 334 cm³/mol. The van der Waals surface area contributed by atoms with Gasteiger partial charge in [-0.15, -0.1) is 0 Å². The van der Waals surface area contributed by atoms with Gasteiger partial charge in [0.2, 0.25) is 0 Å². The van der Waals surface area contributed by atoms with Gasteiger partial charge in [-0.25, -0.2) is 0 Å². The third-order valence-electron chi connectivity index (χ3n) is 20.7. The van der Waals surface area contributed by atoms with Gasteiger partial charge in [0.15, 0.2) is 0 Å². The van der Waals surface area contributed by atoms with Crippen molar-refractivity contribution in [2.24, 2.45) is 0 Å². The Morgan fingerprint density at radius 3 is 1.43 bits per heavy atom. The molecule has 0 spiro atoms. The molecule has 6 aromatic carbocycles. The lowest BCUT2D eigenvalue weighted by molar-refractivity contribution is 0.332. The molecule has 0 fully saturated rings. The van der Waals surface area contributed by atoms with Crippen molar-refractivity contribution in [2.75, 3.05) is 14.7 Å². The minimum Gasteiger partial charge on any atom is -0.311 e. The van der Waals surface area contributed by atoms with Crippen LogP contribution >= 0.6 is 11.3 Å². The van der Waals surface area contributed by atoms with Crippen LogP contribution < -0.4 is 30.4 Å². The molecule has 4 aliphatic carbocycles. The standard InChI is InChI=1S/C72H84BN3S/c1-65(2)31-33-67(5,6)52-39-47(27-29-50(52)65)75-57-44-55-54(69(9,10)35-36-70(55,11)12)43-56(57)73-61-58(75)41-49(74(45-23-19-17-20-24-45)46-25-21-18-22-26-46)42-59(61)76(48-28-30-51-53(40-48)68(7,8)34-32-66(51,3)4)62-60-63(77-64(62)73)72(15,16)38-37-71(60,13)14/h17-30,39-44H,31-38H2,1-16H3/i17D,19D,20D,23D,24D. The molecule has 0 bridgehead atoms. The molecule has 13 rings (SSSR count). The second kappa shape index (κ2) is 16.5. The van der Waals surface area contributed by atoms with Gasteiger partial charge in [-0.2, -0.15) is 11.3 Å². The number of fused-ring (bicyclic) bond motifs is 9. The highest BCUT2D eigenvalue weighted by Gasteiger charge is 2.53. The monoisotopic (exact) mass is 1040 g/mol. The highest BCUT2D eigenvalue weighted by Crippen LogP contribution is 2.59. The molecule has 3 nitrogen and oxygen atoms in total. The molecule has 1 aromatic heterocycles. The molecule has 0 radical (unpaired) electrons. The van der Waals surface area contributed by atoms with E-state index < -0.39 is 6.04 Å². The van der Waals surface area contributed by atoms with Crippen molar-refractivity contribution in [3.05, 3.63) is 165 Å². The Hall–Kier alpha value is -5.52. The molecule has 3 heterocycles. The van der Waals surface area contributed by atoms with Crippen molar-refractivity contribution in [3.63, 3.8) is 0 Å². The Bertz CT molecular complexity index is 3850. The second-order valence-electron chi connectivity index (χ2n) is 29.7. The molecule has 5 heteroatoms. The van der Waals surface area contributed by atoms with E-state index in [4.69, 9.17) is 1.37 Å². The van der Waals surface area contributed by atoms with Gasteiger partial charge in [0.25, 0.3) is 6.71 Å². The van der Waals surface area contributed by atoms with Crippen LogP contribution in [0.3, 0.4) is 0 Å². The summed E-state index contributed by atoms with van der Waals surface area (Å²) in [5, 5.41) is 0. The molecule has 2 aliphatic heterocycles. The van der Waals surface area contributed by atoms with Crippen molar-refractivity contribution in [3.8, 4) is 0 Å². The Kier molecular flexibility index (Phi) is 9.74. The van der Waals surface area contributed by atoms with E-state index in [0.717, 1.165) is 79.8 Å². The van der Waals surface area contributed by atoms with Crippen LogP contribution in [0.25, 0.3) is 0 Å². The van der Waals surface area contributed by atoms with Gasteiger partial charge in [-0.3, -0.25) is 0 Å². The van der Waals surface area contributed by atoms with Crippen LogP contribution in [0.2, 0.25) is 0 Å². The minimum absolute atomic E-state index is 0.0115.